The zero-order chi connectivity index (χ0) is 7.11. The van der Waals surface area contributed by atoms with Crippen molar-refractivity contribution in [2.45, 2.75) is 32.7 Å². The minimum Gasteiger partial charge on any atom is -0.312 e. The molecule has 1 atom stereocenters. The van der Waals surface area contributed by atoms with Crippen molar-refractivity contribution in [3.05, 3.63) is 0 Å². The molecule has 9 heavy (non-hydrogen) atoms. The second-order valence-corrected chi connectivity index (χ2v) is 2.35. The summed E-state index contributed by atoms with van der Waals surface area (Å²) in [6.45, 7) is 4.86. The second kappa shape index (κ2) is 6.05. The van der Waals surface area contributed by atoms with Crippen LogP contribution >= 0.6 is 0 Å². The third kappa shape index (κ3) is 5.80. The van der Waals surface area contributed by atoms with E-state index >= 15 is 0 Å². The van der Waals surface area contributed by atoms with Crippen LogP contribution in [-0.2, 0) is 5.11 Å². The van der Waals surface area contributed by atoms with Gasteiger partial charge in [0.25, 0.3) is 0 Å². The van der Waals surface area contributed by atoms with Crippen molar-refractivity contribution in [2.24, 2.45) is 0 Å². The lowest BCUT2D eigenvalue weighted by molar-refractivity contribution is 0.190. The maximum absolute atomic E-state index is 9.98. The van der Waals surface area contributed by atoms with Crippen molar-refractivity contribution in [2.75, 3.05) is 13.2 Å². The van der Waals surface area contributed by atoms with Gasteiger partial charge in [-0.25, -0.2) is 5.11 Å². The van der Waals surface area contributed by atoms with Gasteiger partial charge < -0.3 is 5.32 Å². The van der Waals surface area contributed by atoms with E-state index in [0.29, 0.717) is 12.6 Å². The van der Waals surface area contributed by atoms with E-state index in [1.807, 2.05) is 0 Å². The van der Waals surface area contributed by atoms with Crippen LogP contribution in [0.5, 0.6) is 0 Å². The Bertz CT molecular complexity index is 56.9. The lowest BCUT2D eigenvalue weighted by atomic mass is 10.2. The van der Waals surface area contributed by atoms with Crippen molar-refractivity contribution in [3.8, 4) is 0 Å². The summed E-state index contributed by atoms with van der Waals surface area (Å²) in [5.74, 6) is 0. The highest BCUT2D eigenvalue weighted by Gasteiger charge is 1.96. The molecule has 0 aromatic rings. The lowest BCUT2D eigenvalue weighted by Gasteiger charge is -2.09. The van der Waals surface area contributed by atoms with Crippen LogP contribution in [0.15, 0.2) is 0 Å². The molecule has 0 aliphatic heterocycles. The lowest BCUT2D eigenvalue weighted by Crippen LogP contribution is -2.28. The van der Waals surface area contributed by atoms with E-state index in [0.717, 1.165) is 0 Å². The highest BCUT2D eigenvalue weighted by atomic mass is 16.3. The van der Waals surface area contributed by atoms with Gasteiger partial charge in [0.05, 0.1) is 6.61 Å². The first-order valence-electron chi connectivity index (χ1n) is 3.62. The molecule has 1 N–H and O–H groups in total. The summed E-state index contributed by atoms with van der Waals surface area (Å²) >= 11 is 0. The largest absolute Gasteiger partial charge is 0.312 e. The van der Waals surface area contributed by atoms with Crippen molar-refractivity contribution < 1.29 is 5.11 Å². The maximum Gasteiger partial charge on any atom is 0.0946 e. The van der Waals surface area contributed by atoms with Gasteiger partial charge in [0, 0.05) is 12.6 Å². The van der Waals surface area contributed by atoms with Crippen LogP contribution in [0.1, 0.15) is 26.7 Å². The number of nitrogens with one attached hydrogen (secondary N) is 1. The summed E-state index contributed by atoms with van der Waals surface area (Å²) in [7, 11) is 0. The van der Waals surface area contributed by atoms with E-state index < -0.39 is 0 Å². The molecule has 0 bridgehead atoms. The minimum atomic E-state index is -0.00590. The Morgan fingerprint density at radius 2 is 2.22 bits per heavy atom. The summed E-state index contributed by atoms with van der Waals surface area (Å²) in [5.41, 5.74) is 0. The van der Waals surface area contributed by atoms with E-state index in [9.17, 15) is 5.11 Å². The average Bonchev–Trinajstić information content (AvgIpc) is 1.85. The Kier molecular flexibility index (Phi) is 5.99. The fourth-order valence-electron chi connectivity index (χ4n) is 0.840. The average molecular weight is 130 g/mol. The first-order valence-corrected chi connectivity index (χ1v) is 3.62. The standard InChI is InChI=1S/C7H16NO/c1-3-4-7(2)8-5-6-9/h7-8H,3-6H2,1-2H3. The van der Waals surface area contributed by atoms with Gasteiger partial charge in [0.15, 0.2) is 0 Å². The van der Waals surface area contributed by atoms with E-state index in [2.05, 4.69) is 19.2 Å². The molecule has 1 unspecified atom stereocenters. The topological polar surface area (TPSA) is 31.9 Å². The molecular formula is C7H16NO. The molecular weight excluding hydrogens is 114 g/mol. The van der Waals surface area contributed by atoms with Crippen LogP contribution in [0, 0.1) is 0 Å². The Morgan fingerprint density at radius 3 is 2.67 bits per heavy atom. The van der Waals surface area contributed by atoms with Gasteiger partial charge in [-0.1, -0.05) is 13.3 Å². The first-order chi connectivity index (χ1) is 4.31. The highest BCUT2D eigenvalue weighted by Crippen LogP contribution is 1.92. The van der Waals surface area contributed by atoms with E-state index in [-0.39, 0.29) is 6.61 Å². The molecule has 2 heteroatoms. The predicted molar refractivity (Wildman–Crippen MR) is 37.9 cm³/mol. The molecule has 0 saturated carbocycles. The monoisotopic (exact) mass is 130 g/mol. The van der Waals surface area contributed by atoms with Crippen LogP contribution in [0.25, 0.3) is 0 Å². The molecule has 0 spiro atoms. The fraction of sp³-hybridized carbons (Fsp3) is 1.00. The van der Waals surface area contributed by atoms with Crippen LogP contribution in [-0.4, -0.2) is 19.2 Å². The van der Waals surface area contributed by atoms with Crippen molar-refractivity contribution >= 4 is 0 Å². The molecule has 0 aromatic carbocycles. The quantitative estimate of drug-likeness (QED) is 0.595. The molecule has 0 amide bonds. The van der Waals surface area contributed by atoms with Crippen molar-refractivity contribution in [3.63, 3.8) is 0 Å². The summed E-state index contributed by atoms with van der Waals surface area (Å²) in [4.78, 5) is 0. The van der Waals surface area contributed by atoms with E-state index in [1.54, 1.807) is 0 Å². The van der Waals surface area contributed by atoms with Crippen molar-refractivity contribution in [1.82, 2.24) is 5.32 Å². The molecule has 0 saturated heterocycles. The zero-order valence-corrected chi connectivity index (χ0v) is 6.31. The minimum absolute atomic E-state index is 0.00590. The van der Waals surface area contributed by atoms with Crippen LogP contribution in [0.4, 0.5) is 0 Å². The third-order valence-corrected chi connectivity index (χ3v) is 1.32. The molecule has 0 aliphatic carbocycles. The summed E-state index contributed by atoms with van der Waals surface area (Å²) in [5, 5.41) is 13.1. The zero-order valence-electron chi connectivity index (χ0n) is 6.31. The number of rotatable bonds is 5. The Labute approximate surface area is 57.3 Å². The molecule has 55 valence electrons. The highest BCUT2D eigenvalue weighted by molar-refractivity contribution is 4.57. The molecule has 0 rings (SSSR count). The van der Waals surface area contributed by atoms with E-state index in [4.69, 9.17) is 0 Å². The van der Waals surface area contributed by atoms with Gasteiger partial charge in [0.1, 0.15) is 0 Å². The summed E-state index contributed by atoms with van der Waals surface area (Å²) < 4.78 is 0. The maximum atomic E-state index is 9.98. The summed E-state index contributed by atoms with van der Waals surface area (Å²) in [6.07, 6.45) is 2.35. The normalized spacial score (nSPS) is 13.7. The first kappa shape index (κ1) is 8.92. The van der Waals surface area contributed by atoms with Gasteiger partial charge in [0.2, 0.25) is 0 Å². The predicted octanol–water partition coefficient (Wildman–Crippen LogP) is 1.20. The molecule has 0 fully saturated rings. The Balaban J connectivity index is 2.95. The third-order valence-electron chi connectivity index (χ3n) is 1.32. The smallest absolute Gasteiger partial charge is 0.0946 e. The van der Waals surface area contributed by atoms with Gasteiger partial charge in [-0.3, -0.25) is 0 Å². The van der Waals surface area contributed by atoms with Crippen LogP contribution in [0.3, 0.4) is 0 Å². The molecule has 0 aliphatic rings. The second-order valence-electron chi connectivity index (χ2n) is 2.35. The summed E-state index contributed by atoms with van der Waals surface area (Å²) in [6, 6.07) is 0.518. The molecule has 2 nitrogen and oxygen atoms in total. The van der Waals surface area contributed by atoms with Crippen LogP contribution < -0.4 is 5.32 Å². The number of hydrogen-bond acceptors (Lipinski definition) is 1. The van der Waals surface area contributed by atoms with Gasteiger partial charge in [-0.15, -0.1) is 0 Å². The SMILES string of the molecule is CCCC(C)NCC[O]. The number of hydrogen-bond donors (Lipinski definition) is 1. The Hall–Kier alpha value is -0.0800. The van der Waals surface area contributed by atoms with Crippen LogP contribution in [0.2, 0.25) is 0 Å². The van der Waals surface area contributed by atoms with Crippen molar-refractivity contribution in [1.29, 1.82) is 0 Å². The molecule has 0 heterocycles. The van der Waals surface area contributed by atoms with Gasteiger partial charge in [-0.2, -0.15) is 0 Å². The Morgan fingerprint density at radius 1 is 1.56 bits per heavy atom. The van der Waals surface area contributed by atoms with Gasteiger partial charge >= 0.3 is 0 Å². The van der Waals surface area contributed by atoms with Gasteiger partial charge in [-0.05, 0) is 13.3 Å². The molecule has 0 aromatic heterocycles. The fourth-order valence-corrected chi connectivity index (χ4v) is 0.840. The van der Waals surface area contributed by atoms with E-state index in [1.165, 1.54) is 12.8 Å². The molecule has 1 radical (unpaired) electrons.